The molecule has 0 saturated heterocycles. The molecule has 0 spiro atoms. The Balaban J connectivity index is 4.41. The molecule has 0 aliphatic carbocycles. The SMILES string of the molecule is CC/C=C\C/C=C\C/C=C\C/C=C\C/C=C\C/C=C\CCCCCCCCCCCCCCCCC(=O)OCC(O)COP(=O)(O)OCC(O)COP(=O)(O)OCC(COC(=O)CCCCCCCCCCCCCCCCC/C=C\C/C=C\C/C=C\C/C=C\C/C=C\CC)OC(=O)CCCCCCC/C=C\CCCCCC. The molecular weight excluding hydrogens is 1460 g/mol. The molecule has 0 aromatic rings. The molecular formula is C95H164O16P2. The molecule has 18 heteroatoms. The Labute approximate surface area is 689 Å². The van der Waals surface area contributed by atoms with Crippen molar-refractivity contribution >= 4 is 33.6 Å². The summed E-state index contributed by atoms with van der Waals surface area (Å²) in [6.07, 6.45) is 109. The van der Waals surface area contributed by atoms with Gasteiger partial charge in [-0.05, 0) is 141 Å². The first-order valence-electron chi connectivity index (χ1n) is 45.1. The number of aliphatic hydroxyl groups is 2. The van der Waals surface area contributed by atoms with Crippen LogP contribution in [0.15, 0.2) is 146 Å². The van der Waals surface area contributed by atoms with Crippen LogP contribution >= 0.6 is 15.6 Å². The number of esters is 3. The Kier molecular flexibility index (Phi) is 83.3. The predicted octanol–water partition coefficient (Wildman–Crippen LogP) is 27.6. The molecule has 0 radical (unpaired) electrons. The van der Waals surface area contributed by atoms with Gasteiger partial charge in [0, 0.05) is 19.3 Å². The number of carbonyl (C=O) groups is 3. The standard InChI is InChI=1S/C95H164O16P2/c1-4-7-10-13-16-19-22-25-27-29-31-33-35-37-39-41-43-44-46-48-49-51-53-55-57-59-61-64-66-69-72-75-78-81-93(98)105-84-90(96)85-107-112(101,102)108-86-91(97)87-109-113(103,104)110-89-92(111-95(100)83-80-77-74-71-68-63-24-21-18-15-12-9-6-3)88-106-94(99)82-79-76-73-70-67-65-62-60-58-56-54-52-50-47-45-42-40-38-36-34-32-30-28-26-23-20-17-14-11-8-5-2/h7-8,10-11,16-17,19-21,24-28,31-34,37-40,43-44,90-92,96-97H,4-6,9,12-15,18,22-23,29-30,35-36,41-42,45-89H2,1-3H3,(H,101,102)(H,103,104)/b10-7-,11-8-,19-16-,20-17-,24-21-,27-25-,28-26-,33-31-,34-32-,39-37-,40-38-,44-43-. The molecule has 0 bridgehead atoms. The van der Waals surface area contributed by atoms with E-state index in [1.54, 1.807) is 0 Å². The quantitative estimate of drug-likeness (QED) is 0.0146. The molecule has 650 valence electrons. The Morgan fingerprint density at radius 3 is 0.752 bits per heavy atom. The van der Waals surface area contributed by atoms with Gasteiger partial charge in [-0.2, -0.15) is 0 Å². The Morgan fingerprint density at radius 2 is 0.469 bits per heavy atom. The molecule has 0 amide bonds. The largest absolute Gasteiger partial charge is 0.472 e. The fraction of sp³-hybridized carbons (Fsp3) is 0.716. The van der Waals surface area contributed by atoms with E-state index in [9.17, 15) is 43.5 Å². The van der Waals surface area contributed by atoms with E-state index >= 15 is 0 Å². The lowest BCUT2D eigenvalue weighted by atomic mass is 10.0. The smallest absolute Gasteiger partial charge is 0.463 e. The Bertz CT molecular complexity index is 2630. The van der Waals surface area contributed by atoms with Crippen molar-refractivity contribution < 1.29 is 75.8 Å². The van der Waals surface area contributed by atoms with Gasteiger partial charge in [0.25, 0.3) is 0 Å². The highest BCUT2D eigenvalue weighted by atomic mass is 31.2. The maximum Gasteiger partial charge on any atom is 0.472 e. The van der Waals surface area contributed by atoms with Gasteiger partial charge in [-0.15, -0.1) is 0 Å². The zero-order valence-corrected chi connectivity index (χ0v) is 73.3. The van der Waals surface area contributed by atoms with Crippen molar-refractivity contribution in [1.82, 2.24) is 0 Å². The fourth-order valence-electron chi connectivity index (χ4n) is 12.2. The zero-order valence-electron chi connectivity index (χ0n) is 71.5. The Hall–Kier alpha value is -4.57. The molecule has 113 heavy (non-hydrogen) atoms. The van der Waals surface area contributed by atoms with Gasteiger partial charge in [0.2, 0.25) is 0 Å². The first kappa shape index (κ1) is 108. The number of ether oxygens (including phenoxy) is 3. The van der Waals surface area contributed by atoms with Crippen LogP contribution in [0, 0.1) is 0 Å². The van der Waals surface area contributed by atoms with Crippen LogP contribution in [0.4, 0.5) is 0 Å². The van der Waals surface area contributed by atoms with Gasteiger partial charge in [-0.1, -0.05) is 366 Å². The fourth-order valence-corrected chi connectivity index (χ4v) is 13.8. The first-order valence-corrected chi connectivity index (χ1v) is 48.1. The van der Waals surface area contributed by atoms with Gasteiger partial charge in [0.1, 0.15) is 25.4 Å². The number of unbranched alkanes of at least 4 members (excludes halogenated alkanes) is 38. The van der Waals surface area contributed by atoms with Crippen molar-refractivity contribution in [3.05, 3.63) is 146 Å². The lowest BCUT2D eigenvalue weighted by Gasteiger charge is -2.21. The van der Waals surface area contributed by atoms with Crippen LogP contribution < -0.4 is 0 Å². The topological polar surface area (TPSA) is 231 Å². The van der Waals surface area contributed by atoms with Crippen LogP contribution in [0.25, 0.3) is 0 Å². The molecule has 0 rings (SSSR count). The average molecular weight is 1620 g/mol. The summed E-state index contributed by atoms with van der Waals surface area (Å²) in [5, 5.41) is 20.7. The minimum Gasteiger partial charge on any atom is -0.463 e. The summed E-state index contributed by atoms with van der Waals surface area (Å²) in [6.45, 7) is 2.47. The summed E-state index contributed by atoms with van der Waals surface area (Å²) < 4.78 is 61.3. The van der Waals surface area contributed by atoms with Gasteiger partial charge >= 0.3 is 33.6 Å². The second kappa shape index (κ2) is 86.8. The highest BCUT2D eigenvalue weighted by Crippen LogP contribution is 2.45. The van der Waals surface area contributed by atoms with Gasteiger partial charge < -0.3 is 34.2 Å². The van der Waals surface area contributed by atoms with Gasteiger partial charge in [0.05, 0.1) is 26.4 Å². The number of phosphoric ester groups is 2. The Morgan fingerprint density at radius 1 is 0.257 bits per heavy atom. The maximum absolute atomic E-state index is 13.0. The predicted molar refractivity (Wildman–Crippen MR) is 473 cm³/mol. The van der Waals surface area contributed by atoms with Gasteiger partial charge in [-0.3, -0.25) is 32.5 Å². The maximum atomic E-state index is 13.0. The normalized spacial score (nSPS) is 14.5. The van der Waals surface area contributed by atoms with Crippen molar-refractivity contribution in [2.45, 2.75) is 399 Å². The molecule has 0 aliphatic rings. The number of hydrogen-bond acceptors (Lipinski definition) is 14. The van der Waals surface area contributed by atoms with E-state index in [2.05, 4.69) is 167 Å². The van der Waals surface area contributed by atoms with E-state index in [4.69, 9.17) is 32.3 Å². The summed E-state index contributed by atoms with van der Waals surface area (Å²) >= 11 is 0. The van der Waals surface area contributed by atoms with E-state index in [1.165, 1.54) is 167 Å². The monoisotopic (exact) mass is 1620 g/mol. The first-order chi connectivity index (χ1) is 55.2. The van der Waals surface area contributed by atoms with Crippen molar-refractivity contribution in [3.63, 3.8) is 0 Å². The lowest BCUT2D eigenvalue weighted by Crippen LogP contribution is -2.30. The summed E-state index contributed by atoms with van der Waals surface area (Å²) in [5.74, 6) is -1.57. The number of aliphatic hydroxyl groups excluding tert-OH is 2. The van der Waals surface area contributed by atoms with Crippen molar-refractivity contribution in [3.8, 4) is 0 Å². The lowest BCUT2D eigenvalue weighted by molar-refractivity contribution is -0.161. The minimum absolute atomic E-state index is 0.0946. The molecule has 0 aromatic heterocycles. The van der Waals surface area contributed by atoms with Crippen LogP contribution in [0.2, 0.25) is 0 Å². The van der Waals surface area contributed by atoms with Crippen molar-refractivity contribution in [1.29, 1.82) is 0 Å². The third-order valence-corrected chi connectivity index (χ3v) is 20.9. The molecule has 0 heterocycles. The van der Waals surface area contributed by atoms with E-state index in [-0.39, 0.29) is 19.3 Å². The van der Waals surface area contributed by atoms with Crippen LogP contribution in [0.5, 0.6) is 0 Å². The second-order valence-electron chi connectivity index (χ2n) is 30.0. The molecule has 5 atom stereocenters. The molecule has 4 N–H and O–H groups in total. The summed E-state index contributed by atoms with van der Waals surface area (Å²) in [6, 6.07) is 0. The average Bonchev–Trinajstić information content (AvgIpc) is 0.903. The van der Waals surface area contributed by atoms with Crippen LogP contribution in [0.1, 0.15) is 380 Å². The molecule has 0 fully saturated rings. The van der Waals surface area contributed by atoms with Crippen molar-refractivity contribution in [2.75, 3.05) is 39.6 Å². The molecule has 0 aliphatic heterocycles. The molecule has 16 nitrogen and oxygen atoms in total. The number of carbonyl (C=O) groups excluding carboxylic acids is 3. The second-order valence-corrected chi connectivity index (χ2v) is 32.9. The number of rotatable bonds is 85. The van der Waals surface area contributed by atoms with E-state index in [1.807, 2.05) is 0 Å². The number of phosphoric acid groups is 2. The van der Waals surface area contributed by atoms with Gasteiger partial charge in [0.15, 0.2) is 6.10 Å². The van der Waals surface area contributed by atoms with Crippen LogP contribution in [-0.4, -0.2) is 95.9 Å². The van der Waals surface area contributed by atoms with E-state index < -0.39 is 91.5 Å². The highest BCUT2D eigenvalue weighted by molar-refractivity contribution is 7.47. The van der Waals surface area contributed by atoms with Crippen LogP contribution in [0.3, 0.4) is 0 Å². The summed E-state index contributed by atoms with van der Waals surface area (Å²) in [4.78, 5) is 58.8. The zero-order chi connectivity index (χ0) is 82.2. The summed E-state index contributed by atoms with van der Waals surface area (Å²) in [7, 11) is -9.80. The third kappa shape index (κ3) is 88.1. The number of hydrogen-bond donors (Lipinski definition) is 4. The van der Waals surface area contributed by atoms with Gasteiger partial charge in [-0.25, -0.2) is 9.13 Å². The molecule has 0 aromatic carbocycles. The molecule has 0 saturated carbocycles. The van der Waals surface area contributed by atoms with Crippen LogP contribution in [-0.2, 0) is 55.8 Å². The number of allylic oxidation sites excluding steroid dienone is 24. The van der Waals surface area contributed by atoms with E-state index in [0.29, 0.717) is 19.3 Å². The van der Waals surface area contributed by atoms with Crippen molar-refractivity contribution in [2.24, 2.45) is 0 Å². The summed E-state index contributed by atoms with van der Waals surface area (Å²) in [5.41, 5.74) is 0. The minimum atomic E-state index is -4.94. The highest BCUT2D eigenvalue weighted by Gasteiger charge is 2.29. The molecule has 5 unspecified atom stereocenters. The third-order valence-electron chi connectivity index (χ3n) is 19.0. The van der Waals surface area contributed by atoms with E-state index in [0.717, 1.165) is 154 Å².